The van der Waals surface area contributed by atoms with E-state index in [1.165, 1.54) is 0 Å². The van der Waals surface area contributed by atoms with Crippen molar-refractivity contribution < 1.29 is 4.79 Å². The average molecular weight is 282 g/mol. The quantitative estimate of drug-likeness (QED) is 0.812. The van der Waals surface area contributed by atoms with Gasteiger partial charge in [0, 0.05) is 25.8 Å². The average Bonchev–Trinajstić information content (AvgIpc) is 2.54. The van der Waals surface area contributed by atoms with Crippen molar-refractivity contribution in [3.63, 3.8) is 0 Å². The van der Waals surface area contributed by atoms with Crippen molar-refractivity contribution in [2.75, 3.05) is 25.0 Å². The van der Waals surface area contributed by atoms with Crippen LogP contribution in [0.25, 0.3) is 0 Å². The molecule has 0 heterocycles. The fraction of sp³-hybridized carbons (Fsp3) is 0.278. The summed E-state index contributed by atoms with van der Waals surface area (Å²) in [7, 11) is 1.95. The Morgan fingerprint density at radius 3 is 2.10 bits per heavy atom. The highest BCUT2D eigenvalue weighted by atomic mass is 16.2. The Bertz CT molecular complexity index is 554. The molecule has 2 aromatic carbocycles. The molecule has 0 bridgehead atoms. The zero-order valence-corrected chi connectivity index (χ0v) is 12.7. The predicted octanol–water partition coefficient (Wildman–Crippen LogP) is 3.17. The summed E-state index contributed by atoms with van der Waals surface area (Å²) in [5.74, 6) is 0.146. The summed E-state index contributed by atoms with van der Waals surface area (Å²) in [6, 6.07) is 20.1. The maximum atomic E-state index is 12.4. The molecule has 0 aliphatic rings. The fourth-order valence-corrected chi connectivity index (χ4v) is 2.26. The molecule has 3 heteroatoms. The van der Waals surface area contributed by atoms with Crippen LogP contribution < -0.4 is 4.90 Å². The van der Waals surface area contributed by atoms with Gasteiger partial charge in [-0.3, -0.25) is 4.79 Å². The van der Waals surface area contributed by atoms with Gasteiger partial charge in [0.15, 0.2) is 0 Å². The number of amides is 1. The van der Waals surface area contributed by atoms with Crippen LogP contribution in [0.4, 0.5) is 5.69 Å². The van der Waals surface area contributed by atoms with Crippen LogP contribution in [-0.2, 0) is 11.3 Å². The molecule has 0 saturated heterocycles. The van der Waals surface area contributed by atoms with Crippen LogP contribution in [0.3, 0.4) is 0 Å². The third-order valence-corrected chi connectivity index (χ3v) is 3.52. The molecule has 110 valence electrons. The molecule has 0 fully saturated rings. The van der Waals surface area contributed by atoms with Gasteiger partial charge >= 0.3 is 0 Å². The summed E-state index contributed by atoms with van der Waals surface area (Å²) in [5.41, 5.74) is 2.22. The molecule has 21 heavy (non-hydrogen) atoms. The fourth-order valence-electron chi connectivity index (χ4n) is 2.26. The first kappa shape index (κ1) is 15.1. The molecule has 3 nitrogen and oxygen atoms in total. The number of rotatable bonds is 6. The van der Waals surface area contributed by atoms with Crippen molar-refractivity contribution in [2.45, 2.75) is 13.5 Å². The van der Waals surface area contributed by atoms with Crippen LogP contribution in [0.15, 0.2) is 60.7 Å². The number of hydrogen-bond acceptors (Lipinski definition) is 2. The van der Waals surface area contributed by atoms with Gasteiger partial charge < -0.3 is 9.80 Å². The molecular formula is C18H22N2O. The molecule has 1 amide bonds. The van der Waals surface area contributed by atoms with Crippen molar-refractivity contribution in [1.29, 1.82) is 0 Å². The highest BCUT2D eigenvalue weighted by Crippen LogP contribution is 2.12. The van der Waals surface area contributed by atoms with E-state index in [9.17, 15) is 4.79 Å². The molecule has 2 rings (SSSR count). The van der Waals surface area contributed by atoms with Gasteiger partial charge in [-0.25, -0.2) is 0 Å². The molecule has 0 aliphatic carbocycles. The van der Waals surface area contributed by atoms with E-state index in [2.05, 4.69) is 12.1 Å². The smallest absolute Gasteiger partial charge is 0.242 e. The summed E-state index contributed by atoms with van der Waals surface area (Å²) in [5, 5.41) is 0. The van der Waals surface area contributed by atoms with Crippen LogP contribution in [0, 0.1) is 0 Å². The van der Waals surface area contributed by atoms with E-state index in [1.807, 2.05) is 72.3 Å². The first-order valence-electron chi connectivity index (χ1n) is 7.28. The lowest BCUT2D eigenvalue weighted by molar-refractivity contribution is -0.130. The zero-order chi connectivity index (χ0) is 15.1. The number of carbonyl (C=O) groups excluding carboxylic acids is 1. The van der Waals surface area contributed by atoms with E-state index in [-0.39, 0.29) is 5.91 Å². The Morgan fingerprint density at radius 1 is 0.952 bits per heavy atom. The molecule has 0 N–H and O–H groups in total. The molecule has 0 radical (unpaired) electrons. The highest BCUT2D eigenvalue weighted by Gasteiger charge is 2.14. The molecule has 0 saturated carbocycles. The molecule has 0 spiro atoms. The van der Waals surface area contributed by atoms with Crippen LogP contribution >= 0.6 is 0 Å². The summed E-state index contributed by atoms with van der Waals surface area (Å²) in [6.07, 6.45) is 0. The Hall–Kier alpha value is -2.29. The second-order valence-corrected chi connectivity index (χ2v) is 5.09. The van der Waals surface area contributed by atoms with Crippen molar-refractivity contribution in [3.05, 3.63) is 66.2 Å². The van der Waals surface area contributed by atoms with Gasteiger partial charge in [0.05, 0.1) is 6.54 Å². The minimum absolute atomic E-state index is 0.146. The van der Waals surface area contributed by atoms with Gasteiger partial charge in [-0.1, -0.05) is 48.5 Å². The topological polar surface area (TPSA) is 23.6 Å². The molecular weight excluding hydrogens is 260 g/mol. The lowest BCUT2D eigenvalue weighted by atomic mass is 10.2. The summed E-state index contributed by atoms with van der Waals surface area (Å²) >= 11 is 0. The first-order chi connectivity index (χ1) is 10.2. The third kappa shape index (κ3) is 4.35. The molecule has 0 unspecified atom stereocenters. The first-order valence-corrected chi connectivity index (χ1v) is 7.28. The lowest BCUT2D eigenvalue weighted by Crippen LogP contribution is -2.38. The SMILES string of the molecule is CCN(Cc1ccccc1)C(=O)CN(C)c1ccccc1. The monoisotopic (exact) mass is 282 g/mol. The maximum Gasteiger partial charge on any atom is 0.242 e. The number of benzene rings is 2. The number of carbonyl (C=O) groups is 1. The van der Waals surface area contributed by atoms with Crippen molar-refractivity contribution in [1.82, 2.24) is 4.90 Å². The van der Waals surface area contributed by atoms with E-state index in [0.717, 1.165) is 17.8 Å². The van der Waals surface area contributed by atoms with Gasteiger partial charge in [-0.05, 0) is 24.6 Å². The number of anilines is 1. The summed E-state index contributed by atoms with van der Waals surface area (Å²) in [4.78, 5) is 16.3. The van der Waals surface area contributed by atoms with Crippen LogP contribution in [-0.4, -0.2) is 30.9 Å². The highest BCUT2D eigenvalue weighted by molar-refractivity contribution is 5.81. The summed E-state index contributed by atoms with van der Waals surface area (Å²) in [6.45, 7) is 3.79. The molecule has 0 aliphatic heterocycles. The number of hydrogen-bond donors (Lipinski definition) is 0. The lowest BCUT2D eigenvalue weighted by Gasteiger charge is -2.25. The van der Waals surface area contributed by atoms with Gasteiger partial charge in [0.1, 0.15) is 0 Å². The molecule has 0 aromatic heterocycles. The Kier molecular flexibility index (Phi) is 5.38. The van der Waals surface area contributed by atoms with E-state index >= 15 is 0 Å². The van der Waals surface area contributed by atoms with Gasteiger partial charge in [-0.15, -0.1) is 0 Å². The Labute approximate surface area is 126 Å². The van der Waals surface area contributed by atoms with Gasteiger partial charge in [0.25, 0.3) is 0 Å². The summed E-state index contributed by atoms with van der Waals surface area (Å²) < 4.78 is 0. The number of likely N-dealkylation sites (N-methyl/N-ethyl adjacent to an activating group) is 2. The Balaban J connectivity index is 1.97. The third-order valence-electron chi connectivity index (χ3n) is 3.52. The minimum atomic E-state index is 0.146. The standard InChI is InChI=1S/C18H22N2O/c1-3-20(14-16-10-6-4-7-11-16)18(21)15-19(2)17-12-8-5-9-13-17/h4-13H,3,14-15H2,1-2H3. The van der Waals surface area contributed by atoms with Gasteiger partial charge in [-0.2, -0.15) is 0 Å². The maximum absolute atomic E-state index is 12.4. The normalized spacial score (nSPS) is 10.2. The van der Waals surface area contributed by atoms with Crippen molar-refractivity contribution in [3.8, 4) is 0 Å². The van der Waals surface area contributed by atoms with E-state index in [4.69, 9.17) is 0 Å². The van der Waals surface area contributed by atoms with Gasteiger partial charge in [0.2, 0.25) is 5.91 Å². The van der Waals surface area contributed by atoms with Crippen LogP contribution in [0.2, 0.25) is 0 Å². The zero-order valence-electron chi connectivity index (χ0n) is 12.7. The second kappa shape index (κ2) is 7.48. The van der Waals surface area contributed by atoms with Crippen LogP contribution in [0.5, 0.6) is 0 Å². The van der Waals surface area contributed by atoms with E-state index in [0.29, 0.717) is 13.1 Å². The number of para-hydroxylation sites is 1. The van der Waals surface area contributed by atoms with Crippen LogP contribution in [0.1, 0.15) is 12.5 Å². The minimum Gasteiger partial charge on any atom is -0.365 e. The van der Waals surface area contributed by atoms with E-state index < -0.39 is 0 Å². The van der Waals surface area contributed by atoms with E-state index in [1.54, 1.807) is 0 Å². The second-order valence-electron chi connectivity index (χ2n) is 5.09. The largest absolute Gasteiger partial charge is 0.365 e. The van der Waals surface area contributed by atoms with Crippen molar-refractivity contribution in [2.24, 2.45) is 0 Å². The predicted molar refractivity (Wildman–Crippen MR) is 87.2 cm³/mol. The Morgan fingerprint density at radius 2 is 1.52 bits per heavy atom. The molecule has 0 atom stereocenters. The molecule has 2 aromatic rings. The number of nitrogens with zero attached hydrogens (tertiary/aromatic N) is 2. The van der Waals surface area contributed by atoms with Crippen molar-refractivity contribution >= 4 is 11.6 Å².